The summed E-state index contributed by atoms with van der Waals surface area (Å²) in [6.45, 7) is 2.10. The van der Waals surface area contributed by atoms with Gasteiger partial charge in [0, 0.05) is 17.8 Å². The van der Waals surface area contributed by atoms with Gasteiger partial charge in [-0.1, -0.05) is 23.4 Å². The molecule has 0 aliphatic carbocycles. The lowest BCUT2D eigenvalue weighted by Crippen LogP contribution is -2.09. The molecule has 0 bridgehead atoms. The highest BCUT2D eigenvalue weighted by atomic mass is 32.1. The number of rotatable bonds is 2. The summed E-state index contributed by atoms with van der Waals surface area (Å²) < 4.78 is 1.28. The maximum atomic E-state index is 4.29. The number of hydrogen-bond donors (Lipinski definition) is 0. The summed E-state index contributed by atoms with van der Waals surface area (Å²) >= 11 is 1.69. The quantitative estimate of drug-likeness (QED) is 0.718. The van der Waals surface area contributed by atoms with Crippen LogP contribution in [0, 0.1) is 0 Å². The number of hydrogen-bond acceptors (Lipinski definition) is 3. The van der Waals surface area contributed by atoms with E-state index in [-0.39, 0.29) is 0 Å². The van der Waals surface area contributed by atoms with Crippen LogP contribution in [0.5, 0.6) is 0 Å². The Morgan fingerprint density at radius 1 is 1.12 bits per heavy atom. The number of nitrogens with zero attached hydrogens (tertiary/aromatic N) is 3. The van der Waals surface area contributed by atoms with Gasteiger partial charge in [-0.05, 0) is 30.4 Å². The van der Waals surface area contributed by atoms with Gasteiger partial charge in [0.2, 0.25) is 0 Å². The summed E-state index contributed by atoms with van der Waals surface area (Å²) in [5.74, 6) is 0. The van der Waals surface area contributed by atoms with Gasteiger partial charge in [-0.3, -0.25) is 5.01 Å². The summed E-state index contributed by atoms with van der Waals surface area (Å²) in [6, 6.07) is 10.4. The van der Waals surface area contributed by atoms with Gasteiger partial charge in [-0.2, -0.15) is 0 Å². The smallest absolute Gasteiger partial charge is 0.141 e. The molecule has 3 rings (SSSR count). The molecule has 1 aliphatic rings. The first-order valence-corrected chi connectivity index (χ1v) is 6.39. The minimum Gasteiger partial charge on any atom is -0.278 e. The number of thiophene rings is 1. The SMILES string of the molecule is c1ccc2sc(/N=N/N3CCCC3)cc2c1. The van der Waals surface area contributed by atoms with Crippen molar-refractivity contribution in [3.63, 3.8) is 0 Å². The Morgan fingerprint density at radius 3 is 2.75 bits per heavy atom. The van der Waals surface area contributed by atoms with Crippen molar-refractivity contribution < 1.29 is 0 Å². The second-order valence-corrected chi connectivity index (χ2v) is 5.03. The van der Waals surface area contributed by atoms with Gasteiger partial charge in [-0.25, -0.2) is 0 Å². The molecule has 2 aromatic rings. The topological polar surface area (TPSA) is 28.0 Å². The van der Waals surface area contributed by atoms with Gasteiger partial charge in [0.15, 0.2) is 0 Å². The van der Waals surface area contributed by atoms with E-state index in [1.807, 2.05) is 5.01 Å². The van der Waals surface area contributed by atoms with E-state index >= 15 is 0 Å². The molecule has 0 amide bonds. The van der Waals surface area contributed by atoms with Crippen molar-refractivity contribution in [2.75, 3.05) is 13.1 Å². The van der Waals surface area contributed by atoms with Crippen molar-refractivity contribution in [3.8, 4) is 0 Å². The molecule has 1 aromatic carbocycles. The molecule has 1 fully saturated rings. The molecule has 82 valence electrons. The third-order valence-corrected chi connectivity index (χ3v) is 3.77. The summed E-state index contributed by atoms with van der Waals surface area (Å²) in [7, 11) is 0. The van der Waals surface area contributed by atoms with Crippen molar-refractivity contribution >= 4 is 26.4 Å². The first-order valence-electron chi connectivity index (χ1n) is 5.57. The fourth-order valence-electron chi connectivity index (χ4n) is 1.91. The number of benzene rings is 1. The van der Waals surface area contributed by atoms with E-state index in [0.717, 1.165) is 18.1 Å². The lowest BCUT2D eigenvalue weighted by atomic mass is 10.3. The lowest BCUT2D eigenvalue weighted by Gasteiger charge is -2.05. The molecule has 1 saturated heterocycles. The predicted octanol–water partition coefficient (Wildman–Crippen LogP) is 4.00. The molecule has 1 aromatic heterocycles. The van der Waals surface area contributed by atoms with Crippen LogP contribution in [0.4, 0.5) is 5.00 Å². The molecule has 0 N–H and O–H groups in total. The molecule has 0 radical (unpaired) electrons. The van der Waals surface area contributed by atoms with Crippen molar-refractivity contribution in [1.29, 1.82) is 0 Å². The molecular formula is C12H13N3S. The largest absolute Gasteiger partial charge is 0.278 e. The molecule has 0 unspecified atom stereocenters. The Hall–Kier alpha value is -1.42. The van der Waals surface area contributed by atoms with E-state index in [2.05, 4.69) is 40.7 Å². The third-order valence-electron chi connectivity index (χ3n) is 2.76. The normalized spacial score (nSPS) is 16.6. The average molecular weight is 231 g/mol. The first-order chi connectivity index (χ1) is 7.92. The predicted molar refractivity (Wildman–Crippen MR) is 67.1 cm³/mol. The molecule has 0 spiro atoms. The van der Waals surface area contributed by atoms with Crippen LogP contribution in [0.2, 0.25) is 0 Å². The van der Waals surface area contributed by atoms with E-state index in [1.165, 1.54) is 22.9 Å². The van der Waals surface area contributed by atoms with E-state index in [0.29, 0.717) is 0 Å². The maximum absolute atomic E-state index is 4.29. The minimum absolute atomic E-state index is 0.994. The highest BCUT2D eigenvalue weighted by molar-refractivity contribution is 7.22. The highest BCUT2D eigenvalue weighted by Gasteiger charge is 2.08. The van der Waals surface area contributed by atoms with Gasteiger partial charge in [0.1, 0.15) is 5.00 Å². The zero-order chi connectivity index (χ0) is 10.8. The first kappa shape index (κ1) is 9.78. The summed E-state index contributed by atoms with van der Waals surface area (Å²) in [5, 5.41) is 12.8. The van der Waals surface area contributed by atoms with E-state index in [1.54, 1.807) is 11.3 Å². The minimum atomic E-state index is 0.994. The van der Waals surface area contributed by atoms with Gasteiger partial charge in [0.05, 0.1) is 0 Å². The van der Waals surface area contributed by atoms with Crippen LogP contribution in [-0.2, 0) is 0 Å². The molecule has 0 saturated carbocycles. The fraction of sp³-hybridized carbons (Fsp3) is 0.333. The van der Waals surface area contributed by atoms with Gasteiger partial charge in [-0.15, -0.1) is 16.5 Å². The molecule has 3 nitrogen and oxygen atoms in total. The van der Waals surface area contributed by atoms with E-state index < -0.39 is 0 Å². The molecule has 16 heavy (non-hydrogen) atoms. The van der Waals surface area contributed by atoms with Crippen LogP contribution in [0.15, 0.2) is 40.7 Å². The Labute approximate surface area is 98.4 Å². The zero-order valence-corrected chi connectivity index (χ0v) is 9.78. The zero-order valence-electron chi connectivity index (χ0n) is 8.97. The highest BCUT2D eigenvalue weighted by Crippen LogP contribution is 2.32. The Bertz CT molecular complexity index is 479. The summed E-state index contributed by atoms with van der Waals surface area (Å²) in [4.78, 5) is 0. The third kappa shape index (κ3) is 1.93. The molecule has 2 heterocycles. The summed E-state index contributed by atoms with van der Waals surface area (Å²) in [6.07, 6.45) is 2.48. The van der Waals surface area contributed by atoms with Crippen LogP contribution in [0.25, 0.3) is 10.1 Å². The fourth-order valence-corrected chi connectivity index (χ4v) is 2.79. The van der Waals surface area contributed by atoms with Gasteiger partial charge in [0.25, 0.3) is 0 Å². The lowest BCUT2D eigenvalue weighted by molar-refractivity contribution is 0.337. The van der Waals surface area contributed by atoms with Crippen LogP contribution >= 0.6 is 11.3 Å². The second kappa shape index (κ2) is 4.22. The number of fused-ring (bicyclic) bond motifs is 1. The Balaban J connectivity index is 1.83. The van der Waals surface area contributed by atoms with Crippen LogP contribution in [0.3, 0.4) is 0 Å². The molecule has 4 heteroatoms. The van der Waals surface area contributed by atoms with Crippen molar-refractivity contribution in [3.05, 3.63) is 30.3 Å². The standard InChI is InChI=1S/C12H13N3S/c1-2-6-11-10(5-1)9-12(16-11)13-14-15-7-3-4-8-15/h1-2,5-6,9H,3-4,7-8H2/b14-13+. The van der Waals surface area contributed by atoms with Gasteiger partial charge < -0.3 is 0 Å². The van der Waals surface area contributed by atoms with Crippen molar-refractivity contribution in [1.82, 2.24) is 5.01 Å². The monoisotopic (exact) mass is 231 g/mol. The maximum Gasteiger partial charge on any atom is 0.141 e. The average Bonchev–Trinajstić information content (AvgIpc) is 2.95. The van der Waals surface area contributed by atoms with Crippen molar-refractivity contribution in [2.24, 2.45) is 10.3 Å². The van der Waals surface area contributed by atoms with Crippen LogP contribution in [0.1, 0.15) is 12.8 Å². The molecule has 1 aliphatic heterocycles. The van der Waals surface area contributed by atoms with E-state index in [4.69, 9.17) is 0 Å². The molecule has 0 atom stereocenters. The van der Waals surface area contributed by atoms with Gasteiger partial charge >= 0.3 is 0 Å². The van der Waals surface area contributed by atoms with Crippen LogP contribution in [-0.4, -0.2) is 18.1 Å². The van der Waals surface area contributed by atoms with Crippen LogP contribution < -0.4 is 0 Å². The van der Waals surface area contributed by atoms with Crippen molar-refractivity contribution in [2.45, 2.75) is 12.8 Å². The molecular weight excluding hydrogens is 218 g/mol. The Morgan fingerprint density at radius 2 is 1.94 bits per heavy atom. The summed E-state index contributed by atoms with van der Waals surface area (Å²) in [5.41, 5.74) is 0. The van der Waals surface area contributed by atoms with E-state index in [9.17, 15) is 0 Å². The Kier molecular flexibility index (Phi) is 2.58. The second-order valence-electron chi connectivity index (χ2n) is 3.97.